The van der Waals surface area contributed by atoms with Gasteiger partial charge in [-0.1, -0.05) is 18.2 Å². The topological polar surface area (TPSA) is 67.0 Å². The molecule has 0 bridgehead atoms. The summed E-state index contributed by atoms with van der Waals surface area (Å²) in [4.78, 5) is 12.0. The fourth-order valence-electron chi connectivity index (χ4n) is 2.17. The van der Waals surface area contributed by atoms with E-state index >= 15 is 0 Å². The van der Waals surface area contributed by atoms with Gasteiger partial charge in [-0.2, -0.15) is 5.10 Å². The van der Waals surface area contributed by atoms with Crippen LogP contribution in [-0.2, 0) is 4.79 Å². The number of nitrogens with zero attached hydrogens (tertiary/aromatic N) is 1. The fraction of sp³-hybridized carbons (Fsp3) is 0.0588. The van der Waals surface area contributed by atoms with Crippen LogP contribution in [0.25, 0.3) is 17.0 Å². The highest BCUT2D eigenvalue weighted by atomic mass is 16.5. The molecule has 110 valence electrons. The van der Waals surface area contributed by atoms with Gasteiger partial charge in [-0.15, -0.1) is 0 Å². The van der Waals surface area contributed by atoms with Crippen molar-refractivity contribution in [2.45, 2.75) is 0 Å². The molecule has 3 rings (SSSR count). The van der Waals surface area contributed by atoms with Gasteiger partial charge in [0.1, 0.15) is 5.75 Å². The number of amides is 1. The van der Waals surface area contributed by atoms with E-state index in [1.807, 2.05) is 42.5 Å². The molecular weight excluding hydrogens is 278 g/mol. The Morgan fingerprint density at radius 2 is 2.14 bits per heavy atom. The summed E-state index contributed by atoms with van der Waals surface area (Å²) >= 11 is 0. The van der Waals surface area contributed by atoms with E-state index in [-0.39, 0.29) is 5.91 Å². The van der Waals surface area contributed by atoms with E-state index < -0.39 is 0 Å². The number of hydrogen-bond donors (Lipinski definition) is 2. The highest BCUT2D eigenvalue weighted by Gasteiger charge is 2.02. The minimum atomic E-state index is -0.200. The zero-order valence-electron chi connectivity index (χ0n) is 12.0. The first kappa shape index (κ1) is 13.9. The number of anilines is 1. The molecule has 0 radical (unpaired) electrons. The van der Waals surface area contributed by atoms with Crippen molar-refractivity contribution in [1.82, 2.24) is 10.2 Å². The van der Waals surface area contributed by atoms with Crippen LogP contribution < -0.4 is 10.1 Å². The van der Waals surface area contributed by atoms with Crippen LogP contribution in [-0.4, -0.2) is 23.2 Å². The number of hydrogen-bond acceptors (Lipinski definition) is 3. The number of carbonyl (C=O) groups is 1. The van der Waals surface area contributed by atoms with Crippen molar-refractivity contribution >= 4 is 28.6 Å². The number of aromatic amines is 1. The van der Waals surface area contributed by atoms with Crippen LogP contribution in [0.5, 0.6) is 5.75 Å². The van der Waals surface area contributed by atoms with Crippen LogP contribution in [0.2, 0.25) is 0 Å². The summed E-state index contributed by atoms with van der Waals surface area (Å²) in [6, 6.07) is 13.1. The maximum absolute atomic E-state index is 12.0. The molecule has 1 heterocycles. The third-order valence-corrected chi connectivity index (χ3v) is 3.26. The summed E-state index contributed by atoms with van der Waals surface area (Å²) in [5.41, 5.74) is 2.51. The van der Waals surface area contributed by atoms with Crippen molar-refractivity contribution in [2.24, 2.45) is 0 Å². The summed E-state index contributed by atoms with van der Waals surface area (Å²) in [6.45, 7) is 0. The summed E-state index contributed by atoms with van der Waals surface area (Å²) in [7, 11) is 1.60. The zero-order chi connectivity index (χ0) is 15.4. The van der Waals surface area contributed by atoms with Gasteiger partial charge in [0.15, 0.2) is 0 Å². The number of methoxy groups -OCH3 is 1. The largest absolute Gasteiger partial charge is 0.496 e. The fourth-order valence-corrected chi connectivity index (χ4v) is 2.17. The molecule has 2 aromatic carbocycles. The van der Waals surface area contributed by atoms with Crippen LogP contribution in [0.15, 0.2) is 54.7 Å². The summed E-state index contributed by atoms with van der Waals surface area (Å²) in [5, 5.41) is 10.6. The van der Waals surface area contributed by atoms with Gasteiger partial charge in [0.05, 0.1) is 18.8 Å². The van der Waals surface area contributed by atoms with E-state index in [2.05, 4.69) is 15.5 Å². The number of H-pyrrole nitrogens is 1. The molecule has 1 aromatic heterocycles. The van der Waals surface area contributed by atoms with Gasteiger partial charge in [-0.25, -0.2) is 0 Å². The summed E-state index contributed by atoms with van der Waals surface area (Å²) in [5.74, 6) is 0.528. The lowest BCUT2D eigenvalue weighted by atomic mass is 10.2. The lowest BCUT2D eigenvalue weighted by molar-refractivity contribution is -0.111. The Kier molecular flexibility index (Phi) is 3.87. The highest BCUT2D eigenvalue weighted by molar-refractivity contribution is 6.03. The second kappa shape index (κ2) is 6.13. The SMILES string of the molecule is COc1ccccc1/C=C/C(=O)Nc1ccc2[nH]ncc2c1. The highest BCUT2D eigenvalue weighted by Crippen LogP contribution is 2.19. The van der Waals surface area contributed by atoms with E-state index in [0.717, 1.165) is 27.9 Å². The zero-order valence-corrected chi connectivity index (χ0v) is 12.0. The molecule has 0 saturated heterocycles. The molecule has 0 spiro atoms. The van der Waals surface area contributed by atoms with Crippen LogP contribution >= 0.6 is 0 Å². The Morgan fingerprint density at radius 1 is 1.27 bits per heavy atom. The smallest absolute Gasteiger partial charge is 0.248 e. The van der Waals surface area contributed by atoms with Crippen molar-refractivity contribution in [3.8, 4) is 5.75 Å². The van der Waals surface area contributed by atoms with Crippen molar-refractivity contribution < 1.29 is 9.53 Å². The number of aromatic nitrogens is 2. The monoisotopic (exact) mass is 293 g/mol. The Balaban J connectivity index is 1.72. The van der Waals surface area contributed by atoms with Crippen molar-refractivity contribution in [3.05, 3.63) is 60.3 Å². The molecule has 0 aliphatic rings. The van der Waals surface area contributed by atoms with Crippen LogP contribution in [0, 0.1) is 0 Å². The Morgan fingerprint density at radius 3 is 3.00 bits per heavy atom. The number of rotatable bonds is 4. The molecule has 1 amide bonds. The summed E-state index contributed by atoms with van der Waals surface area (Å²) < 4.78 is 5.24. The minimum absolute atomic E-state index is 0.200. The van der Waals surface area contributed by atoms with Gasteiger partial charge in [-0.3, -0.25) is 9.89 Å². The Bertz CT molecular complexity index is 837. The molecule has 5 nitrogen and oxygen atoms in total. The molecule has 22 heavy (non-hydrogen) atoms. The van der Waals surface area contributed by atoms with Crippen molar-refractivity contribution in [3.63, 3.8) is 0 Å². The number of fused-ring (bicyclic) bond motifs is 1. The molecule has 0 atom stereocenters. The second-order valence-electron chi connectivity index (χ2n) is 4.74. The number of carbonyl (C=O) groups excluding carboxylic acids is 1. The molecule has 0 fully saturated rings. The molecule has 0 aliphatic heterocycles. The molecule has 2 N–H and O–H groups in total. The number of ether oxygens (including phenoxy) is 1. The molecule has 0 unspecified atom stereocenters. The molecule has 3 aromatic rings. The van der Waals surface area contributed by atoms with Gasteiger partial charge in [0.2, 0.25) is 5.91 Å². The van der Waals surface area contributed by atoms with E-state index in [1.165, 1.54) is 6.08 Å². The molecule has 5 heteroatoms. The second-order valence-corrected chi connectivity index (χ2v) is 4.74. The van der Waals surface area contributed by atoms with Crippen LogP contribution in [0.4, 0.5) is 5.69 Å². The predicted octanol–water partition coefficient (Wildman–Crippen LogP) is 3.22. The molecule has 0 aliphatic carbocycles. The van der Waals surface area contributed by atoms with E-state index in [1.54, 1.807) is 19.4 Å². The van der Waals surface area contributed by atoms with Crippen molar-refractivity contribution in [2.75, 3.05) is 12.4 Å². The summed E-state index contributed by atoms with van der Waals surface area (Å²) in [6.07, 6.45) is 4.93. The van der Waals surface area contributed by atoms with E-state index in [0.29, 0.717) is 0 Å². The average Bonchev–Trinajstić information content (AvgIpc) is 3.01. The van der Waals surface area contributed by atoms with Gasteiger partial charge < -0.3 is 10.1 Å². The van der Waals surface area contributed by atoms with Gasteiger partial charge in [-0.05, 0) is 30.3 Å². The van der Waals surface area contributed by atoms with Gasteiger partial charge in [0, 0.05) is 22.7 Å². The number of para-hydroxylation sites is 1. The number of benzene rings is 2. The van der Waals surface area contributed by atoms with Crippen molar-refractivity contribution in [1.29, 1.82) is 0 Å². The Labute approximate surface area is 127 Å². The quantitative estimate of drug-likeness (QED) is 0.726. The number of nitrogens with one attached hydrogen (secondary N) is 2. The van der Waals surface area contributed by atoms with Gasteiger partial charge >= 0.3 is 0 Å². The Hall–Kier alpha value is -3.08. The third-order valence-electron chi connectivity index (χ3n) is 3.26. The normalized spacial score (nSPS) is 11.0. The first-order chi connectivity index (χ1) is 10.8. The van der Waals surface area contributed by atoms with Crippen LogP contribution in [0.3, 0.4) is 0 Å². The molecular formula is C17H15N3O2. The molecule has 0 saturated carbocycles. The van der Waals surface area contributed by atoms with E-state index in [9.17, 15) is 4.79 Å². The van der Waals surface area contributed by atoms with Gasteiger partial charge in [0.25, 0.3) is 0 Å². The lowest BCUT2D eigenvalue weighted by Gasteiger charge is -2.04. The lowest BCUT2D eigenvalue weighted by Crippen LogP contribution is -2.07. The predicted molar refractivity (Wildman–Crippen MR) is 86.8 cm³/mol. The van der Waals surface area contributed by atoms with Crippen LogP contribution in [0.1, 0.15) is 5.56 Å². The standard InChI is InChI=1S/C17H15N3O2/c1-22-16-5-3-2-4-12(16)6-9-17(21)19-14-7-8-15-13(10-14)11-18-20-15/h2-11H,1H3,(H,18,20)(H,19,21)/b9-6+. The first-order valence-electron chi connectivity index (χ1n) is 6.81. The average molecular weight is 293 g/mol. The minimum Gasteiger partial charge on any atom is -0.496 e. The third kappa shape index (κ3) is 2.98. The maximum Gasteiger partial charge on any atom is 0.248 e. The first-order valence-corrected chi connectivity index (χ1v) is 6.81. The maximum atomic E-state index is 12.0. The van der Waals surface area contributed by atoms with E-state index in [4.69, 9.17) is 4.74 Å².